The van der Waals surface area contributed by atoms with Gasteiger partial charge in [-0.1, -0.05) is 60.1 Å². The van der Waals surface area contributed by atoms with Gasteiger partial charge in [-0.2, -0.15) is 0 Å². The molecule has 0 saturated heterocycles. The van der Waals surface area contributed by atoms with Crippen LogP contribution >= 0.6 is 35.2 Å². The largest absolute Gasteiger partial charge is 0.465 e. The maximum atomic E-state index is 12.3. The van der Waals surface area contributed by atoms with E-state index < -0.39 is 5.97 Å². The van der Waals surface area contributed by atoms with Crippen LogP contribution in [0, 0.1) is 0 Å². The number of carbonyl (C=O) groups is 1. The van der Waals surface area contributed by atoms with Gasteiger partial charge in [-0.05, 0) is 35.5 Å². The third-order valence-corrected chi connectivity index (χ3v) is 6.15. The third-order valence-electron chi connectivity index (χ3n) is 4.47. The fourth-order valence-electron chi connectivity index (χ4n) is 2.96. The van der Waals surface area contributed by atoms with Crippen LogP contribution in [0.25, 0.3) is 10.4 Å². The first-order chi connectivity index (χ1) is 15.5. The van der Waals surface area contributed by atoms with E-state index in [0.29, 0.717) is 28.1 Å². The van der Waals surface area contributed by atoms with Crippen molar-refractivity contribution < 1.29 is 9.53 Å². The summed E-state index contributed by atoms with van der Waals surface area (Å²) in [6, 6.07) is 19.1. The van der Waals surface area contributed by atoms with Gasteiger partial charge in [0.2, 0.25) is 5.95 Å². The summed E-state index contributed by atoms with van der Waals surface area (Å²) in [5.41, 5.74) is 2.33. The van der Waals surface area contributed by atoms with Gasteiger partial charge in [0.25, 0.3) is 0 Å². The number of hydrogen-bond donors (Lipinski definition) is 2. The highest BCUT2D eigenvalue weighted by Gasteiger charge is 2.19. The SMILES string of the molecule is COC(=O)c1cc(-c2ccccc2)sc1NC(=S)Nc1ncn(Cc2ccccc2Cl)n1. The van der Waals surface area contributed by atoms with Gasteiger partial charge in [0.15, 0.2) is 5.11 Å². The zero-order valence-corrected chi connectivity index (χ0v) is 19.3. The number of thiophene rings is 1. The van der Waals surface area contributed by atoms with Gasteiger partial charge in [0.1, 0.15) is 11.3 Å². The molecule has 0 unspecified atom stereocenters. The van der Waals surface area contributed by atoms with E-state index in [4.69, 9.17) is 28.6 Å². The molecule has 2 aromatic carbocycles. The Bertz CT molecular complexity index is 1260. The maximum Gasteiger partial charge on any atom is 0.340 e. The highest BCUT2D eigenvalue weighted by Crippen LogP contribution is 2.36. The summed E-state index contributed by atoms with van der Waals surface area (Å²) in [5, 5.41) is 11.9. The van der Waals surface area contributed by atoms with Gasteiger partial charge in [-0.25, -0.2) is 14.5 Å². The molecule has 0 aliphatic heterocycles. The van der Waals surface area contributed by atoms with Gasteiger partial charge in [0.05, 0.1) is 19.2 Å². The number of carbonyl (C=O) groups excluding carboxylic acids is 1. The van der Waals surface area contributed by atoms with E-state index >= 15 is 0 Å². The first-order valence-corrected chi connectivity index (χ1v) is 11.1. The molecule has 0 aliphatic carbocycles. The van der Waals surface area contributed by atoms with E-state index in [1.54, 1.807) is 17.1 Å². The van der Waals surface area contributed by atoms with Crippen LogP contribution in [-0.2, 0) is 11.3 Å². The summed E-state index contributed by atoms with van der Waals surface area (Å²) in [6.07, 6.45) is 1.59. The van der Waals surface area contributed by atoms with Crippen molar-refractivity contribution in [3.05, 3.63) is 83.1 Å². The van der Waals surface area contributed by atoms with Crippen molar-refractivity contribution in [1.29, 1.82) is 0 Å². The molecule has 4 aromatic rings. The zero-order valence-electron chi connectivity index (χ0n) is 16.9. The fourth-order valence-corrected chi connectivity index (χ4v) is 4.46. The minimum atomic E-state index is -0.448. The molecule has 2 aromatic heterocycles. The number of rotatable bonds is 6. The van der Waals surface area contributed by atoms with Gasteiger partial charge >= 0.3 is 5.97 Å². The van der Waals surface area contributed by atoms with Gasteiger partial charge in [-0.15, -0.1) is 16.4 Å². The van der Waals surface area contributed by atoms with E-state index in [1.165, 1.54) is 18.4 Å². The monoisotopic (exact) mass is 483 g/mol. The molecule has 162 valence electrons. The lowest BCUT2D eigenvalue weighted by atomic mass is 10.1. The van der Waals surface area contributed by atoms with Crippen molar-refractivity contribution in [2.75, 3.05) is 17.7 Å². The number of nitrogens with zero attached hydrogens (tertiary/aromatic N) is 3. The normalized spacial score (nSPS) is 10.6. The van der Waals surface area contributed by atoms with Crippen LogP contribution in [0.3, 0.4) is 0 Å². The maximum absolute atomic E-state index is 12.3. The smallest absolute Gasteiger partial charge is 0.340 e. The Labute approximate surface area is 199 Å². The van der Waals surface area contributed by atoms with Crippen LogP contribution in [0.1, 0.15) is 15.9 Å². The average molecular weight is 484 g/mol. The number of aromatic nitrogens is 3. The lowest BCUT2D eigenvalue weighted by Crippen LogP contribution is -2.20. The van der Waals surface area contributed by atoms with Crippen molar-refractivity contribution in [3.63, 3.8) is 0 Å². The molecular formula is C22H18ClN5O2S2. The quantitative estimate of drug-likeness (QED) is 0.284. The molecule has 0 spiro atoms. The first-order valence-electron chi connectivity index (χ1n) is 9.52. The second kappa shape index (κ2) is 9.90. The fraction of sp³-hybridized carbons (Fsp3) is 0.0909. The second-order valence-corrected chi connectivity index (χ2v) is 8.51. The molecular weight excluding hydrogens is 466 g/mol. The molecule has 2 heterocycles. The van der Waals surface area contributed by atoms with Gasteiger partial charge < -0.3 is 10.1 Å². The molecule has 2 N–H and O–H groups in total. The Hall–Kier alpha value is -3.27. The summed E-state index contributed by atoms with van der Waals surface area (Å²) >= 11 is 13.0. The predicted octanol–water partition coefficient (Wildman–Crippen LogP) is 5.30. The van der Waals surface area contributed by atoms with Crippen LogP contribution in [0.4, 0.5) is 10.9 Å². The molecule has 0 aliphatic rings. The number of halogens is 1. The summed E-state index contributed by atoms with van der Waals surface area (Å²) < 4.78 is 6.58. The number of nitrogens with one attached hydrogen (secondary N) is 2. The highest BCUT2D eigenvalue weighted by molar-refractivity contribution is 7.80. The molecule has 7 nitrogen and oxygen atoms in total. The highest BCUT2D eigenvalue weighted by atomic mass is 35.5. The predicted molar refractivity (Wildman–Crippen MR) is 132 cm³/mol. The van der Waals surface area contributed by atoms with Crippen LogP contribution in [0.2, 0.25) is 5.02 Å². The van der Waals surface area contributed by atoms with E-state index in [0.717, 1.165) is 16.0 Å². The first kappa shape index (κ1) is 21.9. The van der Waals surface area contributed by atoms with Crippen molar-refractivity contribution in [1.82, 2.24) is 14.8 Å². The topological polar surface area (TPSA) is 81.1 Å². The molecule has 0 bridgehead atoms. The minimum Gasteiger partial charge on any atom is -0.465 e. The average Bonchev–Trinajstić information content (AvgIpc) is 3.42. The third kappa shape index (κ3) is 5.13. The number of benzene rings is 2. The van der Waals surface area contributed by atoms with Crippen molar-refractivity contribution >= 4 is 57.2 Å². The summed E-state index contributed by atoms with van der Waals surface area (Å²) in [4.78, 5) is 17.4. The van der Waals surface area contributed by atoms with Crippen molar-refractivity contribution in [2.45, 2.75) is 6.54 Å². The Morgan fingerprint density at radius 2 is 1.91 bits per heavy atom. The number of hydrogen-bond acceptors (Lipinski definition) is 6. The summed E-state index contributed by atoms with van der Waals surface area (Å²) in [7, 11) is 1.35. The van der Waals surface area contributed by atoms with E-state index in [2.05, 4.69) is 20.7 Å². The molecule has 0 atom stereocenters. The lowest BCUT2D eigenvalue weighted by Gasteiger charge is -2.08. The number of anilines is 2. The number of methoxy groups -OCH3 is 1. The van der Waals surface area contributed by atoms with Crippen LogP contribution in [0.5, 0.6) is 0 Å². The molecule has 32 heavy (non-hydrogen) atoms. The van der Waals surface area contributed by atoms with Gasteiger partial charge in [-0.3, -0.25) is 5.32 Å². The Balaban J connectivity index is 1.47. The number of esters is 1. The second-order valence-electron chi connectivity index (χ2n) is 6.65. The zero-order chi connectivity index (χ0) is 22.5. The molecule has 0 saturated carbocycles. The minimum absolute atomic E-state index is 0.257. The van der Waals surface area contributed by atoms with E-state index in [-0.39, 0.29) is 5.11 Å². The molecule has 0 amide bonds. The molecule has 0 radical (unpaired) electrons. The number of ether oxygens (including phenoxy) is 1. The van der Waals surface area contributed by atoms with Crippen LogP contribution in [-0.4, -0.2) is 33.0 Å². The van der Waals surface area contributed by atoms with Crippen LogP contribution in [0.15, 0.2) is 67.0 Å². The molecule has 0 fully saturated rings. The van der Waals surface area contributed by atoms with E-state index in [1.807, 2.05) is 54.6 Å². The number of thiocarbonyl (C=S) groups is 1. The van der Waals surface area contributed by atoms with E-state index in [9.17, 15) is 4.79 Å². The van der Waals surface area contributed by atoms with Crippen LogP contribution < -0.4 is 10.6 Å². The van der Waals surface area contributed by atoms with Gasteiger partial charge in [0, 0.05) is 9.90 Å². The summed E-state index contributed by atoms with van der Waals surface area (Å²) in [6.45, 7) is 0.479. The van der Waals surface area contributed by atoms with Crippen molar-refractivity contribution in [2.24, 2.45) is 0 Å². The Kier molecular flexibility index (Phi) is 6.79. The lowest BCUT2D eigenvalue weighted by molar-refractivity contribution is 0.0602. The van der Waals surface area contributed by atoms with Crippen molar-refractivity contribution in [3.8, 4) is 10.4 Å². The molecule has 4 rings (SSSR count). The molecule has 10 heteroatoms. The Morgan fingerprint density at radius 3 is 2.66 bits per heavy atom. The summed E-state index contributed by atoms with van der Waals surface area (Å²) in [5.74, 6) is -0.120. The Morgan fingerprint density at radius 1 is 1.16 bits per heavy atom. The standard InChI is InChI=1S/C22H18ClN5O2S2/c1-30-20(29)16-11-18(14-7-3-2-4-8-14)32-19(16)25-22(31)26-21-24-13-28(27-21)12-15-9-5-6-10-17(15)23/h2-11,13H,12H2,1H3,(H2,25,26,27,31).